The molecule has 1 atom stereocenters. The van der Waals surface area contributed by atoms with Gasteiger partial charge < -0.3 is 15.0 Å². The lowest BCUT2D eigenvalue weighted by atomic mass is 9.98. The number of hydrogen-bond donors (Lipinski definition) is 2. The Hall–Kier alpha value is -2.72. The number of ether oxygens (including phenoxy) is 1. The highest BCUT2D eigenvalue weighted by molar-refractivity contribution is 7.89. The summed E-state index contributed by atoms with van der Waals surface area (Å²) in [5.41, 5.74) is 1.58. The van der Waals surface area contributed by atoms with Crippen molar-refractivity contribution in [1.29, 1.82) is 0 Å². The molecule has 0 saturated carbocycles. The summed E-state index contributed by atoms with van der Waals surface area (Å²) in [5, 5.41) is 2.74. The SMILES string of the molecule is COC(=O)c1c(C)[nH]c(C)c1S(=O)(=O)N1CCC[C@H](C(=O)Nc2ccc(F)c(C)c2)C1. The van der Waals surface area contributed by atoms with E-state index in [4.69, 9.17) is 4.74 Å². The molecule has 1 saturated heterocycles. The second kappa shape index (κ2) is 8.80. The molecule has 2 aromatic rings. The maximum Gasteiger partial charge on any atom is 0.341 e. The van der Waals surface area contributed by atoms with Crippen molar-refractivity contribution in [1.82, 2.24) is 9.29 Å². The van der Waals surface area contributed by atoms with Crippen LogP contribution in [0.2, 0.25) is 0 Å². The minimum atomic E-state index is -4.04. The normalized spacial score (nSPS) is 17.4. The number of hydrogen-bond acceptors (Lipinski definition) is 5. The van der Waals surface area contributed by atoms with Crippen LogP contribution < -0.4 is 5.32 Å². The van der Waals surface area contributed by atoms with Crippen molar-refractivity contribution in [3.8, 4) is 0 Å². The Kier molecular flexibility index (Phi) is 6.51. The molecule has 1 fully saturated rings. The molecule has 31 heavy (non-hydrogen) atoms. The molecule has 2 N–H and O–H groups in total. The number of carbonyl (C=O) groups excluding carboxylic acids is 2. The Morgan fingerprint density at radius 1 is 1.23 bits per heavy atom. The first-order chi connectivity index (χ1) is 14.6. The van der Waals surface area contributed by atoms with E-state index in [1.807, 2.05) is 0 Å². The van der Waals surface area contributed by atoms with Gasteiger partial charge >= 0.3 is 5.97 Å². The van der Waals surface area contributed by atoms with Crippen molar-refractivity contribution >= 4 is 27.6 Å². The molecule has 8 nitrogen and oxygen atoms in total. The van der Waals surface area contributed by atoms with Gasteiger partial charge in [0.25, 0.3) is 0 Å². The van der Waals surface area contributed by atoms with Gasteiger partial charge in [-0.1, -0.05) is 0 Å². The largest absolute Gasteiger partial charge is 0.465 e. The third-order valence-corrected chi connectivity index (χ3v) is 7.52. The van der Waals surface area contributed by atoms with Gasteiger partial charge in [0.15, 0.2) is 0 Å². The standard InChI is InChI=1S/C21H26FN3O5S/c1-12-10-16(7-8-17(12)22)24-20(26)15-6-5-9-25(11-15)31(28,29)19-14(3)23-13(2)18(19)21(27)30-4/h7-8,10,15,23H,5-6,9,11H2,1-4H3,(H,24,26)/t15-/m0/s1. The summed E-state index contributed by atoms with van der Waals surface area (Å²) in [5.74, 6) is -2.01. The average molecular weight is 452 g/mol. The molecule has 10 heteroatoms. The van der Waals surface area contributed by atoms with Gasteiger partial charge in [0.05, 0.1) is 13.0 Å². The van der Waals surface area contributed by atoms with Crippen molar-refractivity contribution in [2.45, 2.75) is 38.5 Å². The fourth-order valence-corrected chi connectivity index (χ4v) is 5.84. The zero-order chi connectivity index (χ0) is 22.9. The predicted octanol–water partition coefficient (Wildman–Crippen LogP) is 2.91. The van der Waals surface area contributed by atoms with E-state index >= 15 is 0 Å². The number of carbonyl (C=O) groups is 2. The number of anilines is 1. The van der Waals surface area contributed by atoms with E-state index in [2.05, 4.69) is 10.3 Å². The molecule has 0 bridgehead atoms. The number of nitrogens with one attached hydrogen (secondary N) is 2. The van der Waals surface area contributed by atoms with Crippen molar-refractivity contribution in [3.05, 3.63) is 46.5 Å². The van der Waals surface area contributed by atoms with Crippen LogP contribution in [0.1, 0.15) is 40.2 Å². The van der Waals surface area contributed by atoms with Crippen molar-refractivity contribution in [2.24, 2.45) is 5.92 Å². The summed E-state index contributed by atoms with van der Waals surface area (Å²) >= 11 is 0. The Labute approximate surface area is 180 Å². The number of aromatic amines is 1. The lowest BCUT2D eigenvalue weighted by Gasteiger charge is -2.31. The van der Waals surface area contributed by atoms with E-state index in [1.165, 1.54) is 29.6 Å². The van der Waals surface area contributed by atoms with E-state index in [0.29, 0.717) is 35.5 Å². The number of methoxy groups -OCH3 is 1. The van der Waals surface area contributed by atoms with Crippen LogP contribution in [0.4, 0.5) is 10.1 Å². The number of amides is 1. The highest BCUT2D eigenvalue weighted by Crippen LogP contribution is 2.31. The lowest BCUT2D eigenvalue weighted by Crippen LogP contribution is -2.44. The molecule has 1 aliphatic rings. The average Bonchev–Trinajstić information content (AvgIpc) is 3.04. The molecular formula is C21H26FN3O5S. The number of halogens is 1. The smallest absolute Gasteiger partial charge is 0.341 e. The molecule has 168 valence electrons. The maximum absolute atomic E-state index is 13.5. The van der Waals surface area contributed by atoms with E-state index in [9.17, 15) is 22.4 Å². The first kappa shape index (κ1) is 23.0. The first-order valence-corrected chi connectivity index (χ1v) is 11.3. The summed E-state index contributed by atoms with van der Waals surface area (Å²) in [6.07, 6.45) is 1.02. The number of H-pyrrole nitrogens is 1. The van der Waals surface area contributed by atoms with E-state index in [1.54, 1.807) is 20.8 Å². The Balaban J connectivity index is 1.84. The van der Waals surface area contributed by atoms with Gasteiger partial charge in [-0.2, -0.15) is 4.31 Å². The van der Waals surface area contributed by atoms with Gasteiger partial charge in [0.1, 0.15) is 16.3 Å². The Morgan fingerprint density at radius 3 is 2.58 bits per heavy atom. The summed E-state index contributed by atoms with van der Waals surface area (Å²) in [7, 11) is -2.84. The van der Waals surface area contributed by atoms with Crippen LogP contribution in [0.3, 0.4) is 0 Å². The number of aromatic nitrogens is 1. The molecule has 0 unspecified atom stereocenters. The Bertz CT molecular complexity index is 1130. The second-order valence-electron chi connectivity index (χ2n) is 7.73. The number of rotatable bonds is 5. The molecule has 1 amide bonds. The third-order valence-electron chi connectivity index (χ3n) is 5.49. The van der Waals surface area contributed by atoms with Gasteiger partial charge in [-0.3, -0.25) is 4.79 Å². The van der Waals surface area contributed by atoms with Crippen molar-refractivity contribution in [3.63, 3.8) is 0 Å². The molecule has 0 spiro atoms. The minimum absolute atomic E-state index is 0.0153. The summed E-state index contributed by atoms with van der Waals surface area (Å²) in [6, 6.07) is 4.26. The molecule has 1 aliphatic heterocycles. The van der Waals surface area contributed by atoms with Gasteiger partial charge in [0, 0.05) is 30.2 Å². The van der Waals surface area contributed by atoms with Crippen LogP contribution in [0, 0.1) is 32.5 Å². The molecular weight excluding hydrogens is 425 g/mol. The molecule has 1 aromatic carbocycles. The number of sulfonamides is 1. The van der Waals surface area contributed by atoms with Gasteiger partial charge in [-0.05, 0) is 57.4 Å². The topological polar surface area (TPSA) is 109 Å². The zero-order valence-corrected chi connectivity index (χ0v) is 18.7. The summed E-state index contributed by atoms with van der Waals surface area (Å²) < 4.78 is 46.3. The Morgan fingerprint density at radius 2 is 1.94 bits per heavy atom. The predicted molar refractivity (Wildman–Crippen MR) is 113 cm³/mol. The molecule has 3 rings (SSSR count). The van der Waals surface area contributed by atoms with Crippen molar-refractivity contribution in [2.75, 3.05) is 25.5 Å². The first-order valence-electron chi connectivity index (χ1n) is 9.91. The number of esters is 1. The third kappa shape index (κ3) is 4.49. The van der Waals surface area contributed by atoms with Gasteiger partial charge in [0.2, 0.25) is 15.9 Å². The second-order valence-corrected chi connectivity index (χ2v) is 9.60. The number of nitrogens with zero attached hydrogens (tertiary/aromatic N) is 1. The fourth-order valence-electron chi connectivity index (χ4n) is 3.90. The van der Waals surface area contributed by atoms with Crippen LogP contribution in [-0.4, -0.2) is 49.8 Å². The van der Waals surface area contributed by atoms with Crippen LogP contribution in [0.5, 0.6) is 0 Å². The molecule has 1 aromatic heterocycles. The minimum Gasteiger partial charge on any atom is -0.465 e. The highest BCUT2D eigenvalue weighted by atomic mass is 32.2. The molecule has 0 radical (unpaired) electrons. The van der Waals surface area contributed by atoms with Crippen LogP contribution >= 0.6 is 0 Å². The summed E-state index contributed by atoms with van der Waals surface area (Å²) in [6.45, 7) is 5.01. The van der Waals surface area contributed by atoms with Crippen LogP contribution in [0.25, 0.3) is 0 Å². The van der Waals surface area contributed by atoms with Crippen LogP contribution in [0.15, 0.2) is 23.1 Å². The summed E-state index contributed by atoms with van der Waals surface area (Å²) in [4.78, 5) is 27.7. The van der Waals surface area contributed by atoms with Gasteiger partial charge in [-0.25, -0.2) is 17.6 Å². The van der Waals surface area contributed by atoms with Crippen molar-refractivity contribution < 1.29 is 27.1 Å². The monoisotopic (exact) mass is 451 g/mol. The number of piperidine rings is 1. The van der Waals surface area contributed by atoms with E-state index in [0.717, 1.165) is 0 Å². The van der Waals surface area contributed by atoms with Crippen LogP contribution in [-0.2, 0) is 19.6 Å². The number of aryl methyl sites for hydroxylation is 3. The van der Waals surface area contributed by atoms with E-state index in [-0.39, 0.29) is 35.3 Å². The van der Waals surface area contributed by atoms with Gasteiger partial charge in [-0.15, -0.1) is 0 Å². The molecule has 0 aliphatic carbocycles. The molecule has 2 heterocycles. The number of benzene rings is 1. The van der Waals surface area contributed by atoms with E-state index < -0.39 is 21.9 Å². The quantitative estimate of drug-likeness (QED) is 0.680. The maximum atomic E-state index is 13.5. The lowest BCUT2D eigenvalue weighted by molar-refractivity contribution is -0.120. The highest BCUT2D eigenvalue weighted by Gasteiger charge is 2.38. The zero-order valence-electron chi connectivity index (χ0n) is 17.9. The fraction of sp³-hybridized carbons (Fsp3) is 0.429.